The second-order valence-electron chi connectivity index (χ2n) is 7.61. The highest BCUT2D eigenvalue weighted by Crippen LogP contribution is 2.32. The number of rotatable bonds is 3. The van der Waals surface area contributed by atoms with E-state index in [9.17, 15) is 14.7 Å². The molecule has 2 aliphatic rings. The average Bonchev–Trinajstić information content (AvgIpc) is 2.76. The average molecular weight is 358 g/mol. The number of benzene rings is 1. The summed E-state index contributed by atoms with van der Waals surface area (Å²) in [5.41, 5.74) is 0.0639. The second-order valence-corrected chi connectivity index (χ2v) is 7.61. The molecule has 5 nitrogen and oxygen atoms in total. The lowest BCUT2D eigenvalue weighted by Crippen LogP contribution is -2.49. The Hall–Kier alpha value is -1.88. The molecular formula is C21H30N2O3. The normalized spacial score (nSPS) is 21.7. The van der Waals surface area contributed by atoms with Crippen molar-refractivity contribution in [3.8, 4) is 0 Å². The molecule has 2 aliphatic heterocycles. The van der Waals surface area contributed by atoms with Crippen LogP contribution in [0, 0.1) is 0 Å². The summed E-state index contributed by atoms with van der Waals surface area (Å²) < 4.78 is 0. The molecule has 142 valence electrons. The minimum Gasteiger partial charge on any atom is -0.385 e. The molecule has 0 radical (unpaired) electrons. The van der Waals surface area contributed by atoms with Crippen molar-refractivity contribution < 1.29 is 14.7 Å². The summed E-state index contributed by atoms with van der Waals surface area (Å²) in [5.74, 6) is 0.116. The Morgan fingerprint density at radius 3 is 2.35 bits per heavy atom. The predicted molar refractivity (Wildman–Crippen MR) is 100 cm³/mol. The first-order valence-electron chi connectivity index (χ1n) is 9.92. The Balaban J connectivity index is 1.55. The quantitative estimate of drug-likeness (QED) is 0.904. The van der Waals surface area contributed by atoms with Crippen LogP contribution in [0.2, 0.25) is 0 Å². The van der Waals surface area contributed by atoms with Crippen molar-refractivity contribution in [2.24, 2.45) is 0 Å². The zero-order valence-corrected chi connectivity index (χ0v) is 15.5. The summed E-state index contributed by atoms with van der Waals surface area (Å²) in [6.45, 7) is 1.94. The summed E-state index contributed by atoms with van der Waals surface area (Å²) in [5, 5.41) is 10.9. The third-order valence-electron chi connectivity index (χ3n) is 5.75. The van der Waals surface area contributed by atoms with Crippen molar-refractivity contribution in [3.63, 3.8) is 0 Å². The van der Waals surface area contributed by atoms with Gasteiger partial charge in [0.1, 0.15) is 0 Å². The lowest BCUT2D eigenvalue weighted by molar-refractivity contribution is -0.143. The van der Waals surface area contributed by atoms with Gasteiger partial charge in [0.05, 0.1) is 12.1 Å². The van der Waals surface area contributed by atoms with Crippen LogP contribution in [0.15, 0.2) is 30.3 Å². The topological polar surface area (TPSA) is 60.9 Å². The molecule has 0 atom stereocenters. The number of nitrogens with zero attached hydrogens (tertiary/aromatic N) is 2. The Morgan fingerprint density at radius 2 is 1.62 bits per heavy atom. The van der Waals surface area contributed by atoms with Gasteiger partial charge in [-0.15, -0.1) is 0 Å². The Morgan fingerprint density at radius 1 is 0.962 bits per heavy atom. The second kappa shape index (κ2) is 8.67. The molecule has 1 aromatic carbocycles. The molecule has 3 rings (SSSR count). The third kappa shape index (κ3) is 4.64. The van der Waals surface area contributed by atoms with Crippen molar-refractivity contribution >= 4 is 11.8 Å². The number of aliphatic hydroxyl groups is 1. The molecule has 0 saturated carbocycles. The number of likely N-dealkylation sites (tertiary alicyclic amines) is 1. The molecule has 5 heteroatoms. The lowest BCUT2D eigenvalue weighted by atomic mass is 9.84. The number of carbonyl (C=O) groups excluding carboxylic acids is 2. The van der Waals surface area contributed by atoms with Crippen LogP contribution in [-0.2, 0) is 15.2 Å². The molecule has 0 spiro atoms. The first-order chi connectivity index (χ1) is 12.6. The Labute approximate surface area is 156 Å². The zero-order valence-electron chi connectivity index (χ0n) is 15.5. The number of hydrogen-bond acceptors (Lipinski definition) is 3. The van der Waals surface area contributed by atoms with Crippen LogP contribution < -0.4 is 0 Å². The molecule has 2 saturated heterocycles. The summed E-state index contributed by atoms with van der Waals surface area (Å²) in [4.78, 5) is 28.6. The molecule has 0 unspecified atom stereocenters. The van der Waals surface area contributed by atoms with Crippen LogP contribution >= 0.6 is 0 Å². The molecule has 0 aromatic heterocycles. The SMILES string of the molecule is O=C(CN1CCCCCCCC1=O)N1CCC(O)(c2ccccc2)CC1. The van der Waals surface area contributed by atoms with Crippen molar-refractivity contribution in [1.82, 2.24) is 9.80 Å². The van der Waals surface area contributed by atoms with E-state index in [4.69, 9.17) is 0 Å². The smallest absolute Gasteiger partial charge is 0.242 e. The molecule has 26 heavy (non-hydrogen) atoms. The van der Waals surface area contributed by atoms with E-state index in [-0.39, 0.29) is 18.4 Å². The maximum absolute atomic E-state index is 12.7. The Kier molecular flexibility index (Phi) is 6.30. The molecule has 2 heterocycles. The van der Waals surface area contributed by atoms with Crippen LogP contribution in [0.1, 0.15) is 56.9 Å². The fourth-order valence-corrected chi connectivity index (χ4v) is 3.99. The lowest BCUT2D eigenvalue weighted by Gasteiger charge is -2.39. The fraction of sp³-hybridized carbons (Fsp3) is 0.619. The van der Waals surface area contributed by atoms with Gasteiger partial charge >= 0.3 is 0 Å². The van der Waals surface area contributed by atoms with E-state index in [0.29, 0.717) is 38.9 Å². The fourth-order valence-electron chi connectivity index (χ4n) is 3.99. The minimum absolute atomic E-state index is 0.00714. The molecule has 0 aliphatic carbocycles. The van der Waals surface area contributed by atoms with E-state index in [1.165, 1.54) is 6.42 Å². The first-order valence-corrected chi connectivity index (χ1v) is 9.92. The van der Waals surface area contributed by atoms with Crippen LogP contribution in [0.25, 0.3) is 0 Å². The van der Waals surface area contributed by atoms with E-state index in [1.54, 1.807) is 9.80 Å². The number of piperidine rings is 1. The van der Waals surface area contributed by atoms with Gasteiger partial charge in [0.15, 0.2) is 0 Å². The molecule has 1 aromatic rings. The van der Waals surface area contributed by atoms with Crippen molar-refractivity contribution in [3.05, 3.63) is 35.9 Å². The summed E-state index contributed by atoms with van der Waals surface area (Å²) in [6.07, 6.45) is 6.96. The maximum Gasteiger partial charge on any atom is 0.242 e. The third-order valence-corrected chi connectivity index (χ3v) is 5.75. The van der Waals surface area contributed by atoms with E-state index < -0.39 is 5.60 Å². The van der Waals surface area contributed by atoms with Gasteiger partial charge in [-0.25, -0.2) is 0 Å². The van der Waals surface area contributed by atoms with Gasteiger partial charge in [-0.05, 0) is 31.2 Å². The Bertz CT molecular complexity index is 609. The molecular weight excluding hydrogens is 328 g/mol. The number of amides is 2. The van der Waals surface area contributed by atoms with Gasteiger partial charge in [-0.2, -0.15) is 0 Å². The van der Waals surface area contributed by atoms with Gasteiger partial charge in [-0.1, -0.05) is 49.6 Å². The predicted octanol–water partition coefficient (Wildman–Crippen LogP) is 2.68. The van der Waals surface area contributed by atoms with Gasteiger partial charge < -0.3 is 14.9 Å². The highest BCUT2D eigenvalue weighted by atomic mass is 16.3. The largest absolute Gasteiger partial charge is 0.385 e. The maximum atomic E-state index is 12.7. The summed E-state index contributed by atoms with van der Waals surface area (Å²) in [6, 6.07) is 9.69. The highest BCUT2D eigenvalue weighted by molar-refractivity contribution is 5.85. The van der Waals surface area contributed by atoms with Crippen molar-refractivity contribution in [2.45, 2.75) is 57.0 Å². The van der Waals surface area contributed by atoms with Crippen LogP contribution in [0.5, 0.6) is 0 Å². The van der Waals surface area contributed by atoms with E-state index in [0.717, 1.165) is 31.2 Å². The van der Waals surface area contributed by atoms with E-state index >= 15 is 0 Å². The van der Waals surface area contributed by atoms with Crippen molar-refractivity contribution in [2.75, 3.05) is 26.2 Å². The van der Waals surface area contributed by atoms with Crippen LogP contribution in [0.4, 0.5) is 0 Å². The van der Waals surface area contributed by atoms with Gasteiger partial charge in [-0.3, -0.25) is 9.59 Å². The molecule has 1 N–H and O–H groups in total. The number of hydrogen-bond donors (Lipinski definition) is 1. The van der Waals surface area contributed by atoms with E-state index in [1.807, 2.05) is 30.3 Å². The van der Waals surface area contributed by atoms with Gasteiger partial charge in [0.25, 0.3) is 0 Å². The standard InChI is InChI=1S/C21H30N2O3/c24-19-11-7-2-1-3-8-14-23(19)17-20(25)22-15-12-21(26,13-16-22)18-9-5-4-6-10-18/h4-6,9-10,26H,1-3,7-8,11-17H2. The highest BCUT2D eigenvalue weighted by Gasteiger charge is 2.35. The number of carbonyl (C=O) groups is 2. The molecule has 2 amide bonds. The monoisotopic (exact) mass is 358 g/mol. The first kappa shape index (κ1) is 18.9. The van der Waals surface area contributed by atoms with Crippen LogP contribution in [0.3, 0.4) is 0 Å². The van der Waals surface area contributed by atoms with E-state index in [2.05, 4.69) is 0 Å². The molecule has 0 bridgehead atoms. The summed E-state index contributed by atoms with van der Waals surface area (Å²) in [7, 11) is 0. The minimum atomic E-state index is -0.855. The van der Waals surface area contributed by atoms with Crippen LogP contribution in [-0.4, -0.2) is 52.9 Å². The zero-order chi connectivity index (χ0) is 18.4. The van der Waals surface area contributed by atoms with Gasteiger partial charge in [0, 0.05) is 26.1 Å². The summed E-state index contributed by atoms with van der Waals surface area (Å²) >= 11 is 0. The molecule has 2 fully saturated rings. The van der Waals surface area contributed by atoms with Crippen molar-refractivity contribution in [1.29, 1.82) is 0 Å². The van der Waals surface area contributed by atoms with Gasteiger partial charge in [0.2, 0.25) is 11.8 Å².